The van der Waals surface area contributed by atoms with Gasteiger partial charge in [-0.05, 0) is 31.0 Å². The molecule has 0 fully saturated rings. The molecule has 0 aliphatic carbocycles. The molecule has 0 unspecified atom stereocenters. The van der Waals surface area contributed by atoms with E-state index in [1.165, 1.54) is 12.1 Å². The second-order valence-corrected chi connectivity index (χ2v) is 5.96. The van der Waals surface area contributed by atoms with E-state index in [2.05, 4.69) is 4.72 Å². The Morgan fingerprint density at radius 1 is 1.44 bits per heavy atom. The van der Waals surface area contributed by atoms with Gasteiger partial charge in [-0.2, -0.15) is 0 Å². The van der Waals surface area contributed by atoms with Crippen LogP contribution in [0.2, 0.25) is 0 Å². The van der Waals surface area contributed by atoms with E-state index in [0.29, 0.717) is 12.0 Å². The Hall–Kier alpha value is -0.980. The summed E-state index contributed by atoms with van der Waals surface area (Å²) in [6, 6.07) is 3.91. The van der Waals surface area contributed by atoms with E-state index in [-0.39, 0.29) is 6.54 Å². The minimum absolute atomic E-state index is 0.108. The number of benzene rings is 1. The van der Waals surface area contributed by atoms with Gasteiger partial charge in [-0.3, -0.25) is 0 Å². The summed E-state index contributed by atoms with van der Waals surface area (Å²) in [4.78, 5) is -0.392. The summed E-state index contributed by atoms with van der Waals surface area (Å²) in [6.45, 7) is 3.46. The monoisotopic (exact) mass is 275 g/mol. The molecule has 0 amide bonds. The number of aliphatic hydroxyl groups is 1. The summed E-state index contributed by atoms with van der Waals surface area (Å²) in [6.07, 6.45) is 0.499. The van der Waals surface area contributed by atoms with E-state index in [9.17, 15) is 17.9 Å². The summed E-state index contributed by atoms with van der Waals surface area (Å²) in [5.74, 6) is -0.785. The van der Waals surface area contributed by atoms with Gasteiger partial charge in [0, 0.05) is 6.54 Å². The minimum Gasteiger partial charge on any atom is -0.392 e. The Bertz CT molecular complexity index is 502. The molecule has 1 aromatic rings. The second kappa shape index (κ2) is 6.26. The molecule has 1 aromatic carbocycles. The summed E-state index contributed by atoms with van der Waals surface area (Å²) >= 11 is 0. The van der Waals surface area contributed by atoms with Crippen molar-refractivity contribution in [2.45, 2.75) is 37.7 Å². The molecule has 0 bridgehead atoms. The van der Waals surface area contributed by atoms with Gasteiger partial charge in [0.2, 0.25) is 10.0 Å². The van der Waals surface area contributed by atoms with E-state index in [4.69, 9.17) is 0 Å². The van der Waals surface area contributed by atoms with Crippen LogP contribution in [0.3, 0.4) is 0 Å². The van der Waals surface area contributed by atoms with E-state index >= 15 is 0 Å². The first-order chi connectivity index (χ1) is 8.36. The Morgan fingerprint density at radius 2 is 2.11 bits per heavy atom. The normalized spacial score (nSPS) is 13.6. The number of hydrogen-bond donors (Lipinski definition) is 2. The van der Waals surface area contributed by atoms with Gasteiger partial charge in [-0.25, -0.2) is 17.5 Å². The molecular weight excluding hydrogens is 257 g/mol. The minimum atomic E-state index is -3.91. The first-order valence-electron chi connectivity index (χ1n) is 5.80. The quantitative estimate of drug-likeness (QED) is 0.828. The van der Waals surface area contributed by atoms with E-state index in [0.717, 1.165) is 12.5 Å². The van der Waals surface area contributed by atoms with Crippen LogP contribution < -0.4 is 4.72 Å². The Balaban J connectivity index is 2.80. The van der Waals surface area contributed by atoms with Crippen molar-refractivity contribution in [1.82, 2.24) is 4.72 Å². The average Bonchev–Trinajstić information content (AvgIpc) is 2.26. The Labute approximate surface area is 107 Å². The van der Waals surface area contributed by atoms with Crippen LogP contribution >= 0.6 is 0 Å². The standard InChI is InChI=1S/C12H18FNO3S/c1-3-4-10(15)8-14-18(16,17)12-6-5-9(2)7-11(12)13/h5-7,10,14-15H,3-4,8H2,1-2H3/t10-/m0/s1. The third-order valence-electron chi connectivity index (χ3n) is 2.51. The maximum Gasteiger partial charge on any atom is 0.243 e. The van der Waals surface area contributed by atoms with Crippen molar-refractivity contribution >= 4 is 10.0 Å². The lowest BCUT2D eigenvalue weighted by Crippen LogP contribution is -2.32. The lowest BCUT2D eigenvalue weighted by molar-refractivity contribution is 0.167. The van der Waals surface area contributed by atoms with Gasteiger partial charge < -0.3 is 5.11 Å². The van der Waals surface area contributed by atoms with Crippen molar-refractivity contribution in [3.05, 3.63) is 29.6 Å². The summed E-state index contributed by atoms with van der Waals surface area (Å²) in [5, 5.41) is 9.45. The van der Waals surface area contributed by atoms with Gasteiger partial charge in [0.05, 0.1) is 6.10 Å². The topological polar surface area (TPSA) is 66.4 Å². The van der Waals surface area contributed by atoms with Gasteiger partial charge >= 0.3 is 0 Å². The molecule has 0 aromatic heterocycles. The van der Waals surface area contributed by atoms with Gasteiger partial charge in [-0.1, -0.05) is 19.4 Å². The Kier molecular flexibility index (Phi) is 5.25. The van der Waals surface area contributed by atoms with E-state index in [1.807, 2.05) is 6.92 Å². The van der Waals surface area contributed by atoms with E-state index in [1.54, 1.807) is 6.92 Å². The fourth-order valence-electron chi connectivity index (χ4n) is 1.54. The van der Waals surface area contributed by atoms with Crippen molar-refractivity contribution in [2.75, 3.05) is 6.54 Å². The largest absolute Gasteiger partial charge is 0.392 e. The van der Waals surface area contributed by atoms with Crippen molar-refractivity contribution in [3.63, 3.8) is 0 Å². The molecule has 0 aliphatic rings. The molecule has 0 aliphatic heterocycles. The van der Waals surface area contributed by atoms with Gasteiger partial charge in [0.25, 0.3) is 0 Å². The maximum absolute atomic E-state index is 13.5. The molecule has 0 radical (unpaired) electrons. The van der Waals surface area contributed by atoms with Gasteiger partial charge in [0.1, 0.15) is 10.7 Å². The number of aliphatic hydroxyl groups excluding tert-OH is 1. The van der Waals surface area contributed by atoms with Crippen LogP contribution in [0.25, 0.3) is 0 Å². The highest BCUT2D eigenvalue weighted by molar-refractivity contribution is 7.89. The van der Waals surface area contributed by atoms with Crippen LogP contribution in [0.4, 0.5) is 4.39 Å². The highest BCUT2D eigenvalue weighted by atomic mass is 32.2. The first kappa shape index (κ1) is 15.1. The fourth-order valence-corrected chi connectivity index (χ4v) is 2.67. The number of sulfonamides is 1. The molecule has 102 valence electrons. The zero-order chi connectivity index (χ0) is 13.8. The van der Waals surface area contributed by atoms with Gasteiger partial charge in [-0.15, -0.1) is 0 Å². The lowest BCUT2D eigenvalue weighted by atomic mass is 10.2. The number of halogens is 1. The molecule has 1 rings (SSSR count). The lowest BCUT2D eigenvalue weighted by Gasteiger charge is -2.12. The highest BCUT2D eigenvalue weighted by Gasteiger charge is 2.19. The second-order valence-electron chi connectivity index (χ2n) is 4.23. The van der Waals surface area contributed by atoms with Crippen molar-refractivity contribution < 1.29 is 17.9 Å². The molecule has 0 saturated carbocycles. The SMILES string of the molecule is CCC[C@H](O)CNS(=O)(=O)c1ccc(C)cc1F. The van der Waals surface area contributed by atoms with Crippen LogP contribution in [0.1, 0.15) is 25.3 Å². The van der Waals surface area contributed by atoms with Crippen LogP contribution in [-0.4, -0.2) is 26.2 Å². The fraction of sp³-hybridized carbons (Fsp3) is 0.500. The molecule has 2 N–H and O–H groups in total. The summed E-state index contributed by atoms with van der Waals surface area (Å²) in [7, 11) is -3.91. The summed E-state index contributed by atoms with van der Waals surface area (Å²) < 4.78 is 39.4. The number of aryl methyl sites for hydroxylation is 1. The third kappa shape index (κ3) is 4.04. The Morgan fingerprint density at radius 3 is 2.67 bits per heavy atom. The van der Waals surface area contributed by atoms with Gasteiger partial charge in [0.15, 0.2) is 0 Å². The predicted octanol–water partition coefficient (Wildman–Crippen LogP) is 1.57. The van der Waals surface area contributed by atoms with Crippen molar-refractivity contribution in [1.29, 1.82) is 0 Å². The molecule has 6 heteroatoms. The number of rotatable bonds is 6. The van der Waals surface area contributed by atoms with Crippen LogP contribution in [0.5, 0.6) is 0 Å². The maximum atomic E-state index is 13.5. The molecule has 0 saturated heterocycles. The highest BCUT2D eigenvalue weighted by Crippen LogP contribution is 2.15. The molecule has 0 heterocycles. The number of nitrogens with one attached hydrogen (secondary N) is 1. The first-order valence-corrected chi connectivity index (χ1v) is 7.29. The van der Waals surface area contributed by atoms with Crippen LogP contribution in [0.15, 0.2) is 23.1 Å². The molecule has 1 atom stereocenters. The van der Waals surface area contributed by atoms with E-state index < -0.39 is 26.8 Å². The number of hydrogen-bond acceptors (Lipinski definition) is 3. The molecule has 4 nitrogen and oxygen atoms in total. The zero-order valence-corrected chi connectivity index (χ0v) is 11.3. The molecule has 0 spiro atoms. The smallest absolute Gasteiger partial charge is 0.243 e. The summed E-state index contributed by atoms with van der Waals surface area (Å²) in [5.41, 5.74) is 0.650. The third-order valence-corrected chi connectivity index (χ3v) is 3.96. The van der Waals surface area contributed by atoms with Crippen LogP contribution in [0, 0.1) is 12.7 Å². The molecular formula is C12H18FNO3S. The zero-order valence-electron chi connectivity index (χ0n) is 10.5. The van der Waals surface area contributed by atoms with Crippen molar-refractivity contribution in [2.24, 2.45) is 0 Å². The predicted molar refractivity (Wildman–Crippen MR) is 67.2 cm³/mol. The van der Waals surface area contributed by atoms with Crippen molar-refractivity contribution in [3.8, 4) is 0 Å². The average molecular weight is 275 g/mol. The molecule has 18 heavy (non-hydrogen) atoms. The van der Waals surface area contributed by atoms with Crippen LogP contribution in [-0.2, 0) is 10.0 Å².